The molecule has 0 spiro atoms. The van der Waals surface area contributed by atoms with Gasteiger partial charge in [0.25, 0.3) is 10.1 Å². The van der Waals surface area contributed by atoms with Gasteiger partial charge in [-0.2, -0.15) is 8.42 Å². The molecule has 16 heavy (non-hydrogen) atoms. The molecule has 0 bridgehead atoms. The van der Waals surface area contributed by atoms with E-state index >= 15 is 0 Å². The maximum absolute atomic E-state index is 11.0. The Balaban J connectivity index is 2.36. The van der Waals surface area contributed by atoms with E-state index in [0.717, 1.165) is 24.8 Å². The van der Waals surface area contributed by atoms with Crippen LogP contribution in [0.5, 0.6) is 0 Å². The van der Waals surface area contributed by atoms with Crippen LogP contribution < -0.4 is 5.73 Å². The van der Waals surface area contributed by atoms with Crippen LogP contribution in [0.2, 0.25) is 0 Å². The van der Waals surface area contributed by atoms with Crippen molar-refractivity contribution in [1.29, 1.82) is 0 Å². The van der Waals surface area contributed by atoms with Gasteiger partial charge in [-0.1, -0.05) is 18.6 Å². The van der Waals surface area contributed by atoms with E-state index in [4.69, 9.17) is 10.3 Å². The van der Waals surface area contributed by atoms with Crippen LogP contribution in [-0.2, 0) is 10.1 Å². The third kappa shape index (κ3) is 2.26. The van der Waals surface area contributed by atoms with Crippen LogP contribution >= 0.6 is 0 Å². The molecule has 2 atom stereocenters. The van der Waals surface area contributed by atoms with Gasteiger partial charge >= 0.3 is 0 Å². The van der Waals surface area contributed by atoms with Crippen molar-refractivity contribution in [3.8, 4) is 0 Å². The average molecular weight is 241 g/mol. The van der Waals surface area contributed by atoms with Crippen LogP contribution in [0.4, 0.5) is 0 Å². The summed E-state index contributed by atoms with van der Waals surface area (Å²) in [7, 11) is -4.11. The minimum absolute atomic E-state index is 0.0518. The molecule has 1 fully saturated rings. The van der Waals surface area contributed by atoms with Gasteiger partial charge in [0.15, 0.2) is 0 Å². The van der Waals surface area contributed by atoms with Gasteiger partial charge < -0.3 is 5.73 Å². The van der Waals surface area contributed by atoms with Crippen molar-refractivity contribution >= 4 is 10.1 Å². The lowest BCUT2D eigenvalue weighted by Crippen LogP contribution is -2.22. The fraction of sp³-hybridized carbons (Fsp3) is 0.455. The molecule has 0 radical (unpaired) electrons. The molecule has 0 saturated heterocycles. The average Bonchev–Trinajstić information content (AvgIpc) is 2.63. The standard InChI is InChI=1S/C11H15NO3S/c12-11-6-2-5-10(11)8-3-1-4-9(7-8)16(13,14)15/h1,3-4,7,10-11H,2,5-6,12H2,(H,13,14,15). The molecule has 1 aliphatic carbocycles. The van der Waals surface area contributed by atoms with Gasteiger partial charge in [-0.15, -0.1) is 0 Å². The molecule has 1 saturated carbocycles. The summed E-state index contributed by atoms with van der Waals surface area (Å²) < 4.78 is 31.0. The molecule has 3 N–H and O–H groups in total. The van der Waals surface area contributed by atoms with E-state index in [2.05, 4.69) is 0 Å². The lowest BCUT2D eigenvalue weighted by Gasteiger charge is -2.16. The van der Waals surface area contributed by atoms with Crippen molar-refractivity contribution in [2.24, 2.45) is 5.73 Å². The van der Waals surface area contributed by atoms with Gasteiger partial charge in [0, 0.05) is 6.04 Å². The zero-order chi connectivity index (χ0) is 11.8. The largest absolute Gasteiger partial charge is 0.327 e. The topological polar surface area (TPSA) is 80.4 Å². The van der Waals surface area contributed by atoms with Crippen LogP contribution in [0.3, 0.4) is 0 Å². The molecule has 5 heteroatoms. The fourth-order valence-electron chi connectivity index (χ4n) is 2.31. The van der Waals surface area contributed by atoms with Gasteiger partial charge in [-0.25, -0.2) is 0 Å². The Kier molecular flexibility index (Phi) is 3.01. The highest BCUT2D eigenvalue weighted by Gasteiger charge is 2.26. The first-order chi connectivity index (χ1) is 7.48. The summed E-state index contributed by atoms with van der Waals surface area (Å²) in [6.45, 7) is 0. The quantitative estimate of drug-likeness (QED) is 0.769. The van der Waals surface area contributed by atoms with Crippen LogP contribution in [-0.4, -0.2) is 19.0 Å². The van der Waals surface area contributed by atoms with E-state index in [1.165, 1.54) is 12.1 Å². The zero-order valence-corrected chi connectivity index (χ0v) is 9.65. The van der Waals surface area contributed by atoms with Crippen molar-refractivity contribution in [1.82, 2.24) is 0 Å². The summed E-state index contributed by atoms with van der Waals surface area (Å²) in [5.41, 5.74) is 6.86. The first kappa shape index (κ1) is 11.6. The van der Waals surface area contributed by atoms with Gasteiger partial charge in [-0.3, -0.25) is 4.55 Å². The maximum atomic E-state index is 11.0. The first-order valence-electron chi connectivity index (χ1n) is 5.31. The summed E-state index contributed by atoms with van der Waals surface area (Å²) >= 11 is 0. The molecule has 0 aliphatic heterocycles. The van der Waals surface area contributed by atoms with E-state index in [1.807, 2.05) is 6.07 Å². The lowest BCUT2D eigenvalue weighted by atomic mass is 9.95. The molecular formula is C11H15NO3S. The zero-order valence-electron chi connectivity index (χ0n) is 8.83. The molecule has 0 aromatic heterocycles. The third-order valence-electron chi connectivity index (χ3n) is 3.15. The van der Waals surface area contributed by atoms with E-state index in [0.29, 0.717) is 0 Å². The molecule has 1 aliphatic rings. The Morgan fingerprint density at radius 3 is 2.62 bits per heavy atom. The Labute approximate surface area is 95.2 Å². The van der Waals surface area contributed by atoms with Gasteiger partial charge in [0.1, 0.15) is 0 Å². The first-order valence-corrected chi connectivity index (χ1v) is 6.75. The maximum Gasteiger partial charge on any atom is 0.294 e. The second-order valence-electron chi connectivity index (χ2n) is 4.25. The Bertz CT molecular complexity index is 484. The highest BCUT2D eigenvalue weighted by Crippen LogP contribution is 2.33. The summed E-state index contributed by atoms with van der Waals surface area (Å²) in [6.07, 6.45) is 3.03. The second-order valence-corrected chi connectivity index (χ2v) is 5.67. The summed E-state index contributed by atoms with van der Waals surface area (Å²) in [6, 6.07) is 6.51. The van der Waals surface area contributed by atoms with E-state index in [-0.39, 0.29) is 16.9 Å². The van der Waals surface area contributed by atoms with Crippen molar-refractivity contribution < 1.29 is 13.0 Å². The lowest BCUT2D eigenvalue weighted by molar-refractivity contribution is 0.482. The number of nitrogens with two attached hydrogens (primary N) is 1. The monoisotopic (exact) mass is 241 g/mol. The Morgan fingerprint density at radius 1 is 1.31 bits per heavy atom. The summed E-state index contributed by atoms with van der Waals surface area (Å²) in [5.74, 6) is 0.210. The smallest absolute Gasteiger partial charge is 0.294 e. The van der Waals surface area contributed by atoms with E-state index < -0.39 is 10.1 Å². The number of rotatable bonds is 2. The molecule has 4 nitrogen and oxygen atoms in total. The molecule has 88 valence electrons. The highest BCUT2D eigenvalue weighted by molar-refractivity contribution is 7.85. The minimum Gasteiger partial charge on any atom is -0.327 e. The molecule has 0 amide bonds. The Morgan fingerprint density at radius 2 is 2.06 bits per heavy atom. The highest BCUT2D eigenvalue weighted by atomic mass is 32.2. The molecular weight excluding hydrogens is 226 g/mol. The van der Waals surface area contributed by atoms with Crippen molar-refractivity contribution in [3.63, 3.8) is 0 Å². The van der Waals surface area contributed by atoms with Crippen LogP contribution in [0.1, 0.15) is 30.7 Å². The van der Waals surface area contributed by atoms with Crippen molar-refractivity contribution in [3.05, 3.63) is 29.8 Å². The van der Waals surface area contributed by atoms with Gasteiger partial charge in [0.05, 0.1) is 4.90 Å². The number of benzene rings is 1. The minimum atomic E-state index is -4.11. The molecule has 2 rings (SSSR count). The summed E-state index contributed by atoms with van der Waals surface area (Å²) in [4.78, 5) is -0.0518. The second kappa shape index (κ2) is 4.16. The molecule has 0 heterocycles. The molecule has 1 aromatic carbocycles. The third-order valence-corrected chi connectivity index (χ3v) is 4.00. The van der Waals surface area contributed by atoms with Crippen LogP contribution in [0, 0.1) is 0 Å². The predicted molar refractivity (Wildman–Crippen MR) is 60.8 cm³/mol. The van der Waals surface area contributed by atoms with E-state index in [1.54, 1.807) is 6.07 Å². The van der Waals surface area contributed by atoms with Gasteiger partial charge in [0.2, 0.25) is 0 Å². The fourth-order valence-corrected chi connectivity index (χ4v) is 2.84. The number of hydrogen-bond donors (Lipinski definition) is 2. The molecule has 2 unspecified atom stereocenters. The number of hydrogen-bond acceptors (Lipinski definition) is 3. The SMILES string of the molecule is NC1CCCC1c1cccc(S(=O)(=O)O)c1. The normalized spacial score (nSPS) is 25.9. The summed E-state index contributed by atoms with van der Waals surface area (Å²) in [5, 5.41) is 0. The van der Waals surface area contributed by atoms with Crippen LogP contribution in [0.25, 0.3) is 0 Å². The van der Waals surface area contributed by atoms with Crippen molar-refractivity contribution in [2.75, 3.05) is 0 Å². The predicted octanol–water partition coefficient (Wildman–Crippen LogP) is 1.53. The van der Waals surface area contributed by atoms with E-state index in [9.17, 15) is 8.42 Å². The Hall–Kier alpha value is -0.910. The van der Waals surface area contributed by atoms with Gasteiger partial charge in [-0.05, 0) is 36.5 Å². The van der Waals surface area contributed by atoms with Crippen LogP contribution in [0.15, 0.2) is 29.2 Å². The molecule has 1 aromatic rings. The van der Waals surface area contributed by atoms with Crippen molar-refractivity contribution in [2.45, 2.75) is 36.1 Å².